The monoisotopic (exact) mass is 263 g/mol. The Morgan fingerprint density at radius 2 is 2.42 bits per heavy atom. The van der Waals surface area contributed by atoms with Crippen molar-refractivity contribution < 1.29 is 14.3 Å². The van der Waals surface area contributed by atoms with Crippen molar-refractivity contribution in [2.75, 3.05) is 24.6 Å². The molecular formula is C13H17N3O3. The maximum atomic E-state index is 12.0. The van der Waals surface area contributed by atoms with Gasteiger partial charge in [-0.25, -0.2) is 9.78 Å². The Morgan fingerprint density at radius 1 is 1.63 bits per heavy atom. The molecule has 1 aliphatic rings. The number of pyridine rings is 1. The molecule has 2 rings (SSSR count). The van der Waals surface area contributed by atoms with Crippen LogP contribution in [-0.2, 0) is 9.53 Å². The highest BCUT2D eigenvalue weighted by Crippen LogP contribution is 2.27. The van der Waals surface area contributed by atoms with Gasteiger partial charge in [0.1, 0.15) is 0 Å². The number of aromatic nitrogens is 1. The van der Waals surface area contributed by atoms with Crippen LogP contribution in [0.2, 0.25) is 0 Å². The summed E-state index contributed by atoms with van der Waals surface area (Å²) >= 11 is 0. The molecule has 1 atom stereocenters. The summed E-state index contributed by atoms with van der Waals surface area (Å²) in [6.07, 6.45) is 1.92. The number of esters is 1. The average molecular weight is 263 g/mol. The fraction of sp³-hybridized carbons (Fsp3) is 0.462. The molecule has 1 aliphatic heterocycles. The minimum absolute atomic E-state index is 0.0333. The molecule has 2 N–H and O–H groups in total. The lowest BCUT2D eigenvalue weighted by Gasteiger charge is -2.18. The van der Waals surface area contributed by atoms with Gasteiger partial charge in [-0.2, -0.15) is 0 Å². The quantitative estimate of drug-likeness (QED) is 0.803. The normalized spacial score (nSPS) is 18.7. The maximum Gasteiger partial charge on any atom is 0.359 e. The molecular weight excluding hydrogens is 246 g/mol. The first-order valence-corrected chi connectivity index (χ1v) is 6.30. The SMILES string of the molecule is CCOC(=O)c1ncccc1N1CC(CN)CC1=O. The van der Waals surface area contributed by atoms with Gasteiger partial charge >= 0.3 is 5.97 Å². The van der Waals surface area contributed by atoms with E-state index in [-0.39, 0.29) is 24.1 Å². The van der Waals surface area contributed by atoms with E-state index in [1.165, 1.54) is 6.20 Å². The Balaban J connectivity index is 2.30. The lowest BCUT2D eigenvalue weighted by molar-refractivity contribution is -0.117. The molecule has 6 nitrogen and oxygen atoms in total. The molecule has 6 heteroatoms. The molecule has 0 spiro atoms. The van der Waals surface area contributed by atoms with Gasteiger partial charge in [0.15, 0.2) is 5.69 Å². The van der Waals surface area contributed by atoms with Crippen molar-refractivity contribution in [3.63, 3.8) is 0 Å². The second-order valence-corrected chi connectivity index (χ2v) is 4.40. The van der Waals surface area contributed by atoms with Gasteiger partial charge in [-0.3, -0.25) is 4.79 Å². The number of nitrogens with zero attached hydrogens (tertiary/aromatic N) is 2. The lowest BCUT2D eigenvalue weighted by Crippen LogP contribution is -2.28. The third-order valence-electron chi connectivity index (χ3n) is 3.08. The Bertz CT molecular complexity index is 490. The predicted molar refractivity (Wildman–Crippen MR) is 69.7 cm³/mol. The van der Waals surface area contributed by atoms with Crippen LogP contribution in [0.1, 0.15) is 23.8 Å². The lowest BCUT2D eigenvalue weighted by atomic mass is 10.1. The Kier molecular flexibility index (Phi) is 4.11. The number of hydrogen-bond acceptors (Lipinski definition) is 5. The van der Waals surface area contributed by atoms with E-state index in [1.54, 1.807) is 24.0 Å². The van der Waals surface area contributed by atoms with Gasteiger partial charge in [0.25, 0.3) is 0 Å². The van der Waals surface area contributed by atoms with Gasteiger partial charge in [0.05, 0.1) is 12.3 Å². The highest BCUT2D eigenvalue weighted by Gasteiger charge is 2.32. The smallest absolute Gasteiger partial charge is 0.359 e. The van der Waals surface area contributed by atoms with Crippen molar-refractivity contribution in [1.29, 1.82) is 0 Å². The van der Waals surface area contributed by atoms with Crippen molar-refractivity contribution >= 4 is 17.6 Å². The molecule has 0 radical (unpaired) electrons. The van der Waals surface area contributed by atoms with E-state index < -0.39 is 5.97 Å². The van der Waals surface area contributed by atoms with Crippen molar-refractivity contribution in [1.82, 2.24) is 4.98 Å². The number of ether oxygens (including phenoxy) is 1. The van der Waals surface area contributed by atoms with Gasteiger partial charge < -0.3 is 15.4 Å². The van der Waals surface area contributed by atoms with E-state index in [0.717, 1.165) is 0 Å². The predicted octanol–water partition coefficient (Wildman–Crippen LogP) is 0.570. The molecule has 1 aromatic heterocycles. The standard InChI is InChI=1S/C13H17N3O3/c1-2-19-13(18)12-10(4-3-5-15-12)16-8-9(7-14)6-11(16)17/h3-5,9H,2,6-8,14H2,1H3. The summed E-state index contributed by atoms with van der Waals surface area (Å²) in [5.41, 5.74) is 6.27. The number of carbonyl (C=O) groups is 2. The van der Waals surface area contributed by atoms with Crippen LogP contribution in [0.15, 0.2) is 18.3 Å². The molecule has 0 saturated carbocycles. The van der Waals surface area contributed by atoms with Crippen LogP contribution in [0.4, 0.5) is 5.69 Å². The molecule has 1 unspecified atom stereocenters. The maximum absolute atomic E-state index is 12.0. The van der Waals surface area contributed by atoms with E-state index in [0.29, 0.717) is 25.2 Å². The zero-order valence-corrected chi connectivity index (χ0v) is 10.8. The van der Waals surface area contributed by atoms with E-state index in [9.17, 15) is 9.59 Å². The molecule has 19 heavy (non-hydrogen) atoms. The summed E-state index contributed by atoms with van der Waals surface area (Å²) in [5.74, 6) is -0.418. The summed E-state index contributed by atoms with van der Waals surface area (Å²) in [7, 11) is 0. The number of nitrogens with two attached hydrogens (primary N) is 1. The molecule has 1 amide bonds. The minimum Gasteiger partial charge on any atom is -0.461 e. The molecule has 1 fully saturated rings. The summed E-state index contributed by atoms with van der Waals surface area (Å²) in [6.45, 7) is 2.98. The van der Waals surface area contributed by atoms with Crippen molar-refractivity contribution in [3.8, 4) is 0 Å². The number of hydrogen-bond donors (Lipinski definition) is 1. The van der Waals surface area contributed by atoms with Gasteiger partial charge in [-0.15, -0.1) is 0 Å². The second kappa shape index (κ2) is 5.79. The van der Waals surface area contributed by atoms with Crippen LogP contribution >= 0.6 is 0 Å². The van der Waals surface area contributed by atoms with Gasteiger partial charge in [-0.05, 0) is 31.5 Å². The van der Waals surface area contributed by atoms with Crippen molar-refractivity contribution in [2.45, 2.75) is 13.3 Å². The van der Waals surface area contributed by atoms with Crippen LogP contribution in [0, 0.1) is 5.92 Å². The van der Waals surface area contributed by atoms with E-state index in [4.69, 9.17) is 10.5 Å². The second-order valence-electron chi connectivity index (χ2n) is 4.40. The third-order valence-corrected chi connectivity index (χ3v) is 3.08. The van der Waals surface area contributed by atoms with Crippen LogP contribution in [0.25, 0.3) is 0 Å². The minimum atomic E-state index is -0.512. The summed E-state index contributed by atoms with van der Waals surface area (Å²) < 4.78 is 4.95. The Labute approximate surface area is 111 Å². The molecule has 0 aromatic carbocycles. The van der Waals surface area contributed by atoms with Crippen LogP contribution in [-0.4, -0.2) is 36.6 Å². The fourth-order valence-electron chi connectivity index (χ4n) is 2.14. The first-order chi connectivity index (χ1) is 9.17. The topological polar surface area (TPSA) is 85.5 Å². The Morgan fingerprint density at radius 3 is 3.05 bits per heavy atom. The zero-order chi connectivity index (χ0) is 13.8. The van der Waals surface area contributed by atoms with Crippen LogP contribution < -0.4 is 10.6 Å². The summed E-state index contributed by atoms with van der Waals surface area (Å²) in [4.78, 5) is 29.4. The highest BCUT2D eigenvalue weighted by molar-refractivity contribution is 6.02. The molecule has 1 aromatic rings. The molecule has 2 heterocycles. The van der Waals surface area contributed by atoms with Gasteiger partial charge in [-0.1, -0.05) is 0 Å². The number of anilines is 1. The van der Waals surface area contributed by atoms with Crippen molar-refractivity contribution in [3.05, 3.63) is 24.0 Å². The number of carbonyl (C=O) groups excluding carboxylic acids is 2. The largest absolute Gasteiger partial charge is 0.461 e. The fourth-order valence-corrected chi connectivity index (χ4v) is 2.14. The molecule has 1 saturated heterocycles. The van der Waals surface area contributed by atoms with E-state index in [2.05, 4.69) is 4.98 Å². The van der Waals surface area contributed by atoms with Crippen molar-refractivity contribution in [2.24, 2.45) is 11.7 Å². The summed E-state index contributed by atoms with van der Waals surface area (Å²) in [5, 5.41) is 0. The molecule has 0 aliphatic carbocycles. The number of amides is 1. The average Bonchev–Trinajstić information content (AvgIpc) is 2.80. The number of rotatable bonds is 4. The first-order valence-electron chi connectivity index (χ1n) is 6.30. The van der Waals surface area contributed by atoms with Gasteiger partial charge in [0, 0.05) is 19.2 Å². The molecule has 102 valence electrons. The van der Waals surface area contributed by atoms with Gasteiger partial charge in [0.2, 0.25) is 5.91 Å². The van der Waals surface area contributed by atoms with E-state index in [1.807, 2.05) is 0 Å². The Hall–Kier alpha value is -1.95. The van der Waals surface area contributed by atoms with Crippen LogP contribution in [0.5, 0.6) is 0 Å². The summed E-state index contributed by atoms with van der Waals surface area (Å²) in [6, 6.07) is 3.40. The van der Waals surface area contributed by atoms with Crippen LogP contribution in [0.3, 0.4) is 0 Å². The van der Waals surface area contributed by atoms with E-state index >= 15 is 0 Å². The molecule has 0 bridgehead atoms. The zero-order valence-electron chi connectivity index (χ0n) is 10.8. The highest BCUT2D eigenvalue weighted by atomic mass is 16.5. The third kappa shape index (κ3) is 2.73. The first kappa shape index (κ1) is 13.5.